The summed E-state index contributed by atoms with van der Waals surface area (Å²) in [4.78, 5) is 50.1. The lowest BCUT2D eigenvalue weighted by Gasteiger charge is -2.19. The predicted molar refractivity (Wildman–Crippen MR) is 322 cm³/mol. The van der Waals surface area contributed by atoms with Crippen LogP contribution >= 0.6 is 0 Å². The highest BCUT2D eigenvalue weighted by Crippen LogP contribution is 2.43. The first-order chi connectivity index (χ1) is 38.1. The molecule has 0 fully saturated rings. The van der Waals surface area contributed by atoms with Crippen LogP contribution in [0.25, 0.3) is 12.2 Å². The quantitative estimate of drug-likeness (QED) is 0.0227. The van der Waals surface area contributed by atoms with Crippen molar-refractivity contribution in [3.8, 4) is 46.0 Å². The van der Waals surface area contributed by atoms with E-state index in [0.717, 1.165) is 115 Å². The largest absolute Gasteiger partial charge is 0.490 e. The van der Waals surface area contributed by atoms with Gasteiger partial charge in [-0.3, -0.25) is 4.79 Å². The lowest BCUT2D eigenvalue weighted by molar-refractivity contribution is -0.148. The molecule has 14 heteroatoms. The molecule has 14 nitrogen and oxygen atoms in total. The average molecular weight is 1120 g/mol. The van der Waals surface area contributed by atoms with E-state index < -0.39 is 17.9 Å². The van der Waals surface area contributed by atoms with Gasteiger partial charge in [-0.1, -0.05) is 140 Å². The third-order valence-corrected chi connectivity index (χ3v) is 12.5. The minimum atomic E-state index is -0.625. The minimum absolute atomic E-state index is 0. The zero-order valence-electron chi connectivity index (χ0n) is 48.0. The SMILES string of the molecule is C.C.C=CC(=O)OCCCCOc1ccc(/C=C/C(=O)Oc2ccc(OC(=O)/C=C/c3ccc(OCCCCOC(=O)C(C)CC)c(OCCCCCC)c3OCCCCCC)cc2)c(OCCCCCC)c1OCCCCCC. The number of unbranched alkanes of at least 4 members (excludes halogenated alkanes) is 14. The Balaban J connectivity index is 0.0000160. The van der Waals surface area contributed by atoms with Crippen LogP contribution in [0.15, 0.2) is 73.3 Å². The fourth-order valence-electron chi connectivity index (χ4n) is 7.67. The lowest BCUT2D eigenvalue weighted by Crippen LogP contribution is -2.15. The monoisotopic (exact) mass is 1120 g/mol. The highest BCUT2D eigenvalue weighted by atomic mass is 16.6. The molecule has 0 aliphatic heterocycles. The van der Waals surface area contributed by atoms with Crippen LogP contribution in [0.1, 0.15) is 202 Å². The van der Waals surface area contributed by atoms with Crippen LogP contribution in [0.3, 0.4) is 0 Å². The molecule has 0 radical (unpaired) electrons. The van der Waals surface area contributed by atoms with Gasteiger partial charge < -0.3 is 47.4 Å². The molecule has 3 aromatic carbocycles. The van der Waals surface area contributed by atoms with Crippen molar-refractivity contribution in [3.05, 3.63) is 84.5 Å². The number of benzene rings is 3. The Morgan fingerprint density at radius 3 is 1.11 bits per heavy atom. The van der Waals surface area contributed by atoms with Gasteiger partial charge >= 0.3 is 23.9 Å². The van der Waals surface area contributed by atoms with Crippen LogP contribution in [-0.4, -0.2) is 76.7 Å². The Labute approximate surface area is 481 Å². The molecule has 0 spiro atoms. The van der Waals surface area contributed by atoms with E-state index in [0.29, 0.717) is 118 Å². The van der Waals surface area contributed by atoms with E-state index in [1.165, 1.54) is 12.2 Å². The number of carbonyl (C=O) groups is 4. The predicted octanol–water partition coefficient (Wildman–Crippen LogP) is 16.7. The van der Waals surface area contributed by atoms with Gasteiger partial charge in [0.05, 0.1) is 58.8 Å². The molecule has 1 unspecified atom stereocenters. The van der Waals surface area contributed by atoms with E-state index in [-0.39, 0.29) is 44.8 Å². The zero-order valence-corrected chi connectivity index (χ0v) is 48.0. The van der Waals surface area contributed by atoms with Crippen LogP contribution < -0.4 is 37.9 Å². The van der Waals surface area contributed by atoms with Crippen molar-refractivity contribution in [1.29, 1.82) is 0 Å². The normalized spacial score (nSPS) is 11.2. The van der Waals surface area contributed by atoms with Crippen LogP contribution in [0, 0.1) is 5.92 Å². The molecule has 3 aromatic rings. The molecule has 0 aromatic heterocycles. The topological polar surface area (TPSA) is 161 Å². The van der Waals surface area contributed by atoms with E-state index in [9.17, 15) is 19.2 Å². The molecular formula is C66H100O14. The number of rotatable bonds is 45. The molecule has 80 heavy (non-hydrogen) atoms. The third kappa shape index (κ3) is 29.7. The second kappa shape index (κ2) is 45.3. The molecule has 1 atom stereocenters. The van der Waals surface area contributed by atoms with Crippen LogP contribution in [0.2, 0.25) is 0 Å². The van der Waals surface area contributed by atoms with Gasteiger partial charge in [0.15, 0.2) is 23.0 Å². The molecule has 0 bridgehead atoms. The molecule has 0 N–H and O–H groups in total. The summed E-state index contributed by atoms with van der Waals surface area (Å²) in [7, 11) is 0. The van der Waals surface area contributed by atoms with Crippen molar-refractivity contribution in [2.75, 3.05) is 52.9 Å². The molecule has 448 valence electrons. The third-order valence-electron chi connectivity index (χ3n) is 12.5. The van der Waals surface area contributed by atoms with Gasteiger partial charge in [-0.25, -0.2) is 14.4 Å². The number of hydrogen-bond acceptors (Lipinski definition) is 14. The second-order valence-corrected chi connectivity index (χ2v) is 19.2. The Morgan fingerprint density at radius 2 is 0.750 bits per heavy atom. The van der Waals surface area contributed by atoms with E-state index in [4.69, 9.17) is 47.4 Å². The first-order valence-electron chi connectivity index (χ1n) is 29.0. The Bertz CT molecular complexity index is 2230. The minimum Gasteiger partial charge on any atom is -0.490 e. The summed E-state index contributed by atoms with van der Waals surface area (Å²) < 4.78 is 60.0. The zero-order chi connectivity index (χ0) is 56.4. The van der Waals surface area contributed by atoms with Gasteiger partial charge in [-0.15, -0.1) is 0 Å². The van der Waals surface area contributed by atoms with Gasteiger partial charge in [0.2, 0.25) is 11.5 Å². The number of carbonyl (C=O) groups excluding carboxylic acids is 4. The molecule has 3 rings (SSSR count). The van der Waals surface area contributed by atoms with Crippen molar-refractivity contribution in [3.63, 3.8) is 0 Å². The van der Waals surface area contributed by atoms with E-state index in [1.807, 2.05) is 32.0 Å². The summed E-state index contributed by atoms with van der Waals surface area (Å²) in [6.45, 7) is 19.1. The Kier molecular flexibility index (Phi) is 40.5. The Morgan fingerprint density at radius 1 is 0.412 bits per heavy atom. The molecule has 0 saturated heterocycles. The standard InChI is InChI=1S/C64H92O14.2CH4/c1-8-14-18-22-45-72-60-51(30-38-55(62(60)74-47-24-20-16-10-3)69-42-26-28-44-71-57(65)13-6)32-40-58(66)77-53-34-36-54(37-35-53)78-59(67)41-33-52-31-39-56(70-43-27-29-49-76-64(68)50(7)12-5)63(75-48-25-21-17-11-4)61(52)73-46-23-19-15-9-2;;/h13,30-41,50H,6,8-12,14-29,42-49H2,1-5,7H3;2*1H4/b40-32+,41-33+;;. The van der Waals surface area contributed by atoms with E-state index in [1.54, 1.807) is 42.5 Å². The first-order valence-corrected chi connectivity index (χ1v) is 29.0. The highest BCUT2D eigenvalue weighted by molar-refractivity contribution is 5.90. The van der Waals surface area contributed by atoms with E-state index >= 15 is 0 Å². The molecular weight excluding hydrogens is 1020 g/mol. The summed E-state index contributed by atoms with van der Waals surface area (Å²) >= 11 is 0. The summed E-state index contributed by atoms with van der Waals surface area (Å²) in [6.07, 6.45) is 26.7. The van der Waals surface area contributed by atoms with Gasteiger partial charge in [0.1, 0.15) is 11.5 Å². The van der Waals surface area contributed by atoms with Crippen LogP contribution in [0.4, 0.5) is 0 Å². The lowest BCUT2D eigenvalue weighted by atomic mass is 10.1. The van der Waals surface area contributed by atoms with Crippen LogP contribution in [0.5, 0.6) is 46.0 Å². The van der Waals surface area contributed by atoms with Crippen molar-refractivity contribution in [1.82, 2.24) is 0 Å². The van der Waals surface area contributed by atoms with Crippen molar-refractivity contribution < 1.29 is 66.5 Å². The van der Waals surface area contributed by atoms with Crippen LogP contribution in [-0.2, 0) is 28.7 Å². The summed E-state index contributed by atoms with van der Waals surface area (Å²) in [5, 5.41) is 0. The summed E-state index contributed by atoms with van der Waals surface area (Å²) in [6, 6.07) is 13.5. The molecule has 0 heterocycles. The summed E-state index contributed by atoms with van der Waals surface area (Å²) in [5.74, 6) is 1.48. The fraction of sp³-hybridized carbons (Fsp3) is 0.576. The van der Waals surface area contributed by atoms with Crippen molar-refractivity contribution in [2.24, 2.45) is 5.92 Å². The van der Waals surface area contributed by atoms with Crippen molar-refractivity contribution in [2.45, 2.75) is 191 Å². The molecule has 0 aliphatic carbocycles. The maximum absolute atomic E-state index is 13.3. The smallest absolute Gasteiger partial charge is 0.336 e. The average Bonchev–Trinajstić information content (AvgIpc) is 3.45. The second-order valence-electron chi connectivity index (χ2n) is 19.2. The first kappa shape index (κ1) is 71.6. The van der Waals surface area contributed by atoms with E-state index in [2.05, 4.69) is 34.3 Å². The number of esters is 4. The number of ether oxygens (including phenoxy) is 10. The highest BCUT2D eigenvalue weighted by Gasteiger charge is 2.20. The maximum Gasteiger partial charge on any atom is 0.336 e. The fourth-order valence-corrected chi connectivity index (χ4v) is 7.67. The van der Waals surface area contributed by atoms with Gasteiger partial charge in [-0.05, 0) is 118 Å². The number of hydrogen-bond donors (Lipinski definition) is 0. The van der Waals surface area contributed by atoms with Crippen molar-refractivity contribution >= 4 is 36.0 Å². The summed E-state index contributed by atoms with van der Waals surface area (Å²) in [5.41, 5.74) is 1.25. The molecule has 0 amide bonds. The van der Waals surface area contributed by atoms with Gasteiger partial charge in [0.25, 0.3) is 0 Å². The molecule has 0 aliphatic rings. The Hall–Kier alpha value is -6.44. The maximum atomic E-state index is 13.3. The van der Waals surface area contributed by atoms with Gasteiger partial charge in [0, 0.05) is 29.4 Å². The van der Waals surface area contributed by atoms with Gasteiger partial charge in [-0.2, -0.15) is 0 Å². The molecule has 0 saturated carbocycles.